The predicted octanol–water partition coefficient (Wildman–Crippen LogP) is 0.239. The lowest BCUT2D eigenvalue weighted by Gasteiger charge is -2.26. The van der Waals surface area contributed by atoms with Crippen molar-refractivity contribution in [2.75, 3.05) is 6.61 Å². The van der Waals surface area contributed by atoms with Gasteiger partial charge in [-0.25, -0.2) is 0 Å². The van der Waals surface area contributed by atoms with Crippen LogP contribution in [0.15, 0.2) is 24.3 Å². The van der Waals surface area contributed by atoms with Crippen LogP contribution in [0.2, 0.25) is 0 Å². The molecule has 0 aromatic carbocycles. The number of hydrogen-bond donors (Lipinski definition) is 2. The Labute approximate surface area is 72.0 Å². The van der Waals surface area contributed by atoms with Crippen molar-refractivity contribution in [3.8, 4) is 0 Å². The van der Waals surface area contributed by atoms with Crippen LogP contribution in [-0.2, 0) is 4.74 Å². The largest absolute Gasteiger partial charge is 0.394 e. The summed E-state index contributed by atoms with van der Waals surface area (Å²) < 4.78 is 5.31. The van der Waals surface area contributed by atoms with Gasteiger partial charge in [0.15, 0.2) is 0 Å². The minimum atomic E-state index is -0.684. The van der Waals surface area contributed by atoms with E-state index in [2.05, 4.69) is 0 Å². The van der Waals surface area contributed by atoms with E-state index in [1.54, 1.807) is 12.2 Å². The third-order valence-corrected chi connectivity index (χ3v) is 1.77. The van der Waals surface area contributed by atoms with Crippen LogP contribution in [-0.4, -0.2) is 35.1 Å². The normalized spacial score (nSPS) is 36.1. The summed E-state index contributed by atoms with van der Waals surface area (Å²) in [6.45, 7) is 1.75. The summed E-state index contributed by atoms with van der Waals surface area (Å²) in [6.07, 6.45) is 5.88. The molecule has 2 N–H and O–H groups in total. The second kappa shape index (κ2) is 4.40. The SMILES string of the molecule is C/C=C/C1C=C[C@@H](O)[C@@H](CO)O1. The van der Waals surface area contributed by atoms with Crippen molar-refractivity contribution in [1.29, 1.82) is 0 Å². The highest BCUT2D eigenvalue weighted by molar-refractivity contribution is 5.09. The highest BCUT2D eigenvalue weighted by atomic mass is 16.5. The summed E-state index contributed by atoms with van der Waals surface area (Å²) in [5.41, 5.74) is 0. The quantitative estimate of drug-likeness (QED) is 0.584. The first-order valence-electron chi connectivity index (χ1n) is 4.03. The summed E-state index contributed by atoms with van der Waals surface area (Å²) in [7, 11) is 0. The van der Waals surface area contributed by atoms with Crippen LogP contribution in [0.25, 0.3) is 0 Å². The van der Waals surface area contributed by atoms with E-state index in [1.807, 2.05) is 19.1 Å². The highest BCUT2D eigenvalue weighted by Crippen LogP contribution is 2.13. The Morgan fingerprint density at radius 2 is 2.25 bits per heavy atom. The molecule has 12 heavy (non-hydrogen) atoms. The fraction of sp³-hybridized carbons (Fsp3) is 0.556. The molecule has 68 valence electrons. The van der Waals surface area contributed by atoms with E-state index in [-0.39, 0.29) is 12.7 Å². The molecule has 1 aliphatic heterocycles. The molecule has 0 amide bonds. The number of allylic oxidation sites excluding steroid dienone is 1. The Morgan fingerprint density at radius 1 is 1.50 bits per heavy atom. The topological polar surface area (TPSA) is 49.7 Å². The van der Waals surface area contributed by atoms with Gasteiger partial charge in [-0.1, -0.05) is 24.3 Å². The minimum absolute atomic E-state index is 0.115. The molecule has 1 aliphatic rings. The maximum absolute atomic E-state index is 9.26. The molecule has 0 saturated carbocycles. The summed E-state index contributed by atoms with van der Waals surface area (Å²) in [6, 6.07) is 0. The molecule has 0 radical (unpaired) electrons. The first kappa shape index (κ1) is 9.45. The van der Waals surface area contributed by atoms with Crippen LogP contribution >= 0.6 is 0 Å². The second-order valence-electron chi connectivity index (χ2n) is 2.72. The maximum atomic E-state index is 9.26. The molecule has 0 aromatic rings. The van der Waals surface area contributed by atoms with Gasteiger partial charge in [0, 0.05) is 0 Å². The van der Waals surface area contributed by atoms with Crippen molar-refractivity contribution in [3.63, 3.8) is 0 Å². The Balaban J connectivity index is 2.58. The lowest BCUT2D eigenvalue weighted by Crippen LogP contribution is -2.37. The van der Waals surface area contributed by atoms with Crippen molar-refractivity contribution < 1.29 is 14.9 Å². The first-order valence-corrected chi connectivity index (χ1v) is 4.03. The Kier molecular flexibility index (Phi) is 3.47. The zero-order valence-electron chi connectivity index (χ0n) is 7.05. The molecular weight excluding hydrogens is 156 g/mol. The average molecular weight is 170 g/mol. The van der Waals surface area contributed by atoms with Crippen LogP contribution in [0, 0.1) is 0 Å². The fourth-order valence-corrected chi connectivity index (χ4v) is 1.13. The monoisotopic (exact) mass is 170 g/mol. The molecule has 0 bridgehead atoms. The number of rotatable bonds is 2. The standard InChI is InChI=1S/C9H14O3/c1-2-3-7-4-5-8(11)9(6-10)12-7/h2-5,7-11H,6H2,1H3/b3-2+/t7?,8-,9-/m1/s1. The van der Waals surface area contributed by atoms with Gasteiger partial charge in [-0.2, -0.15) is 0 Å². The molecule has 0 saturated heterocycles. The maximum Gasteiger partial charge on any atom is 0.111 e. The molecule has 0 spiro atoms. The molecule has 3 heteroatoms. The van der Waals surface area contributed by atoms with Gasteiger partial charge >= 0.3 is 0 Å². The number of hydrogen-bond acceptors (Lipinski definition) is 3. The van der Waals surface area contributed by atoms with Gasteiger partial charge in [0.25, 0.3) is 0 Å². The van der Waals surface area contributed by atoms with Gasteiger partial charge in [-0.05, 0) is 6.92 Å². The number of ether oxygens (including phenoxy) is 1. The van der Waals surface area contributed by atoms with E-state index in [0.717, 1.165) is 0 Å². The minimum Gasteiger partial charge on any atom is -0.394 e. The van der Waals surface area contributed by atoms with Crippen LogP contribution in [0.3, 0.4) is 0 Å². The first-order chi connectivity index (χ1) is 5.77. The van der Waals surface area contributed by atoms with Gasteiger partial charge in [0.05, 0.1) is 12.7 Å². The smallest absolute Gasteiger partial charge is 0.111 e. The molecule has 1 rings (SSSR count). The van der Waals surface area contributed by atoms with E-state index >= 15 is 0 Å². The molecule has 3 nitrogen and oxygen atoms in total. The summed E-state index contributed by atoms with van der Waals surface area (Å²) in [5.74, 6) is 0. The van der Waals surface area contributed by atoms with Crippen molar-refractivity contribution in [1.82, 2.24) is 0 Å². The van der Waals surface area contributed by atoms with Gasteiger partial charge in [-0.3, -0.25) is 0 Å². The van der Waals surface area contributed by atoms with Crippen molar-refractivity contribution in [2.24, 2.45) is 0 Å². The lowest BCUT2D eigenvalue weighted by atomic mass is 10.1. The van der Waals surface area contributed by atoms with E-state index < -0.39 is 12.2 Å². The molecule has 1 unspecified atom stereocenters. The Morgan fingerprint density at radius 3 is 2.83 bits per heavy atom. The third-order valence-electron chi connectivity index (χ3n) is 1.77. The van der Waals surface area contributed by atoms with Gasteiger partial charge in [0.1, 0.15) is 12.2 Å². The molecule has 0 aliphatic carbocycles. The van der Waals surface area contributed by atoms with Crippen LogP contribution in [0.1, 0.15) is 6.92 Å². The summed E-state index contributed by atoms with van der Waals surface area (Å²) >= 11 is 0. The van der Waals surface area contributed by atoms with Crippen LogP contribution < -0.4 is 0 Å². The molecule has 0 fully saturated rings. The summed E-state index contributed by atoms with van der Waals surface area (Å²) in [5, 5.41) is 18.1. The lowest BCUT2D eigenvalue weighted by molar-refractivity contribution is -0.0655. The molecule has 1 heterocycles. The van der Waals surface area contributed by atoms with E-state index in [1.165, 1.54) is 0 Å². The highest BCUT2D eigenvalue weighted by Gasteiger charge is 2.23. The van der Waals surface area contributed by atoms with Crippen molar-refractivity contribution >= 4 is 0 Å². The zero-order chi connectivity index (χ0) is 8.97. The Hall–Kier alpha value is -0.640. The van der Waals surface area contributed by atoms with E-state index in [0.29, 0.717) is 0 Å². The van der Waals surface area contributed by atoms with Gasteiger partial charge in [0.2, 0.25) is 0 Å². The average Bonchev–Trinajstić information content (AvgIpc) is 2.09. The predicted molar refractivity (Wildman–Crippen MR) is 45.7 cm³/mol. The van der Waals surface area contributed by atoms with Crippen LogP contribution in [0.5, 0.6) is 0 Å². The zero-order valence-corrected chi connectivity index (χ0v) is 7.05. The number of aliphatic hydroxyl groups excluding tert-OH is 2. The van der Waals surface area contributed by atoms with E-state index in [4.69, 9.17) is 9.84 Å². The van der Waals surface area contributed by atoms with Crippen molar-refractivity contribution in [2.45, 2.75) is 25.2 Å². The number of aliphatic hydroxyl groups is 2. The Bertz CT molecular complexity index is 186. The second-order valence-corrected chi connectivity index (χ2v) is 2.72. The third kappa shape index (κ3) is 2.17. The van der Waals surface area contributed by atoms with Gasteiger partial charge < -0.3 is 14.9 Å². The van der Waals surface area contributed by atoms with Gasteiger partial charge in [-0.15, -0.1) is 0 Å². The van der Waals surface area contributed by atoms with Crippen LogP contribution in [0.4, 0.5) is 0 Å². The van der Waals surface area contributed by atoms with Crippen molar-refractivity contribution in [3.05, 3.63) is 24.3 Å². The van der Waals surface area contributed by atoms with E-state index in [9.17, 15) is 5.11 Å². The molecular formula is C9H14O3. The summed E-state index contributed by atoms with van der Waals surface area (Å²) in [4.78, 5) is 0. The molecule has 0 aromatic heterocycles. The fourth-order valence-electron chi connectivity index (χ4n) is 1.13. The molecule has 3 atom stereocenters.